The molecule has 0 atom stereocenters. The molecular weight excluding hydrogens is 438 g/mol. The highest BCUT2D eigenvalue weighted by Crippen LogP contribution is 2.36. The summed E-state index contributed by atoms with van der Waals surface area (Å²) in [6.07, 6.45) is 3.08. The number of nitrogens with one attached hydrogen (secondary N) is 1. The lowest BCUT2D eigenvalue weighted by Gasteiger charge is -2.09. The Morgan fingerprint density at radius 3 is 2.45 bits per heavy atom. The van der Waals surface area contributed by atoms with E-state index in [1.54, 1.807) is 32.2 Å². The Bertz CT molecular complexity index is 1150. The molecule has 1 heterocycles. The van der Waals surface area contributed by atoms with Crippen LogP contribution in [-0.2, 0) is 9.53 Å². The molecular formula is C26H27NO5S. The van der Waals surface area contributed by atoms with Gasteiger partial charge in [-0.2, -0.15) is 0 Å². The first-order valence-corrected chi connectivity index (χ1v) is 11.5. The zero-order chi connectivity index (χ0) is 23.8. The summed E-state index contributed by atoms with van der Waals surface area (Å²) in [7, 11) is 1.57. The summed E-state index contributed by atoms with van der Waals surface area (Å²) in [5.41, 5.74) is 3.88. The number of esters is 1. The van der Waals surface area contributed by atoms with E-state index in [1.165, 1.54) is 17.4 Å². The second-order valence-electron chi connectivity index (χ2n) is 7.11. The first-order valence-electron chi connectivity index (χ1n) is 10.6. The van der Waals surface area contributed by atoms with Crippen molar-refractivity contribution in [3.8, 4) is 22.6 Å². The smallest absolute Gasteiger partial charge is 0.341 e. The van der Waals surface area contributed by atoms with Crippen LogP contribution in [0.2, 0.25) is 0 Å². The molecule has 1 amide bonds. The number of amides is 1. The minimum Gasteiger partial charge on any atom is -0.493 e. The summed E-state index contributed by atoms with van der Waals surface area (Å²) in [5.74, 6) is 0.406. The second-order valence-corrected chi connectivity index (χ2v) is 7.99. The maximum atomic E-state index is 12.7. The fourth-order valence-electron chi connectivity index (χ4n) is 3.19. The fourth-order valence-corrected chi connectivity index (χ4v) is 4.15. The third kappa shape index (κ3) is 6.02. The highest BCUT2D eigenvalue weighted by atomic mass is 32.1. The van der Waals surface area contributed by atoms with Crippen LogP contribution in [0.15, 0.2) is 53.9 Å². The third-order valence-corrected chi connectivity index (χ3v) is 5.68. The Hall–Kier alpha value is -3.58. The maximum absolute atomic E-state index is 12.7. The highest BCUT2D eigenvalue weighted by Gasteiger charge is 2.22. The van der Waals surface area contributed by atoms with Crippen LogP contribution in [0.3, 0.4) is 0 Å². The van der Waals surface area contributed by atoms with Gasteiger partial charge in [-0.05, 0) is 50.1 Å². The highest BCUT2D eigenvalue weighted by molar-refractivity contribution is 7.15. The van der Waals surface area contributed by atoms with Crippen molar-refractivity contribution >= 4 is 34.3 Å². The molecule has 0 aliphatic carbocycles. The first-order chi connectivity index (χ1) is 16.0. The van der Waals surface area contributed by atoms with Gasteiger partial charge in [0, 0.05) is 17.0 Å². The van der Waals surface area contributed by atoms with Crippen LogP contribution in [0.5, 0.6) is 11.5 Å². The molecule has 0 aliphatic rings. The van der Waals surface area contributed by atoms with Crippen LogP contribution < -0.4 is 14.8 Å². The molecule has 2 aromatic carbocycles. The number of hydrogen-bond donors (Lipinski definition) is 1. The van der Waals surface area contributed by atoms with Crippen LogP contribution in [0.4, 0.5) is 5.00 Å². The van der Waals surface area contributed by atoms with E-state index in [4.69, 9.17) is 14.2 Å². The van der Waals surface area contributed by atoms with Crippen LogP contribution in [0.1, 0.15) is 35.3 Å². The Balaban J connectivity index is 1.83. The Morgan fingerprint density at radius 1 is 1.03 bits per heavy atom. The van der Waals surface area contributed by atoms with Crippen LogP contribution >= 0.6 is 11.3 Å². The van der Waals surface area contributed by atoms with Crippen molar-refractivity contribution in [3.05, 3.63) is 70.6 Å². The average Bonchev–Trinajstić information content (AvgIpc) is 3.22. The van der Waals surface area contributed by atoms with Crippen molar-refractivity contribution in [2.24, 2.45) is 0 Å². The number of carbonyl (C=O) groups is 2. The lowest BCUT2D eigenvalue weighted by Crippen LogP contribution is -2.12. The lowest BCUT2D eigenvalue weighted by atomic mass is 10.0. The van der Waals surface area contributed by atoms with E-state index in [9.17, 15) is 9.59 Å². The van der Waals surface area contributed by atoms with E-state index in [1.807, 2.05) is 49.6 Å². The van der Waals surface area contributed by atoms with E-state index in [2.05, 4.69) is 5.32 Å². The fraction of sp³-hybridized carbons (Fsp3) is 0.231. The summed E-state index contributed by atoms with van der Waals surface area (Å²) in [6.45, 7) is 6.43. The normalized spacial score (nSPS) is 10.8. The Kier molecular flexibility index (Phi) is 8.27. The van der Waals surface area contributed by atoms with E-state index in [0.717, 1.165) is 22.3 Å². The number of ether oxygens (including phenoxy) is 3. The molecule has 7 heteroatoms. The van der Waals surface area contributed by atoms with E-state index in [-0.39, 0.29) is 12.5 Å². The van der Waals surface area contributed by atoms with Crippen LogP contribution in [-0.4, -0.2) is 32.2 Å². The number of aryl methyl sites for hydroxylation is 1. The number of carbonyl (C=O) groups excluding carboxylic acids is 2. The van der Waals surface area contributed by atoms with Crippen molar-refractivity contribution in [1.29, 1.82) is 0 Å². The average molecular weight is 466 g/mol. The van der Waals surface area contributed by atoms with Gasteiger partial charge in [-0.3, -0.25) is 4.79 Å². The van der Waals surface area contributed by atoms with Crippen molar-refractivity contribution in [3.63, 3.8) is 0 Å². The Labute approximate surface area is 197 Å². The molecule has 172 valence electrons. The van der Waals surface area contributed by atoms with Crippen LogP contribution in [0, 0.1) is 6.92 Å². The molecule has 0 spiro atoms. The van der Waals surface area contributed by atoms with Crippen molar-refractivity contribution in [2.45, 2.75) is 20.8 Å². The molecule has 0 radical (unpaired) electrons. The monoisotopic (exact) mass is 465 g/mol. The molecule has 0 saturated carbocycles. The standard InChI is InChI=1S/C26H27NO5S/c1-5-31-21-13-9-18(15-22(21)30-4)10-14-23(28)27-25-24(26(29)32-6-2)20(16-33-25)19-11-7-17(3)8-12-19/h7-16H,5-6H2,1-4H3,(H,27,28). The number of benzene rings is 2. The molecule has 1 N–H and O–H groups in total. The quantitative estimate of drug-likeness (QED) is 0.312. The predicted molar refractivity (Wildman–Crippen MR) is 132 cm³/mol. The molecule has 3 rings (SSSR count). The van der Waals surface area contributed by atoms with Gasteiger partial charge < -0.3 is 19.5 Å². The van der Waals surface area contributed by atoms with Gasteiger partial charge in [-0.15, -0.1) is 11.3 Å². The van der Waals surface area contributed by atoms with Gasteiger partial charge in [0.05, 0.1) is 20.3 Å². The lowest BCUT2D eigenvalue weighted by molar-refractivity contribution is -0.111. The van der Waals surface area contributed by atoms with Gasteiger partial charge in [0.1, 0.15) is 10.6 Å². The summed E-state index contributed by atoms with van der Waals surface area (Å²) in [4.78, 5) is 25.3. The maximum Gasteiger partial charge on any atom is 0.341 e. The van der Waals surface area contributed by atoms with Gasteiger partial charge >= 0.3 is 5.97 Å². The third-order valence-electron chi connectivity index (χ3n) is 4.78. The minimum absolute atomic E-state index is 0.245. The molecule has 0 fully saturated rings. The first kappa shape index (κ1) is 24.1. The minimum atomic E-state index is -0.468. The van der Waals surface area contributed by atoms with Gasteiger partial charge in [-0.1, -0.05) is 35.9 Å². The molecule has 1 aromatic heterocycles. The zero-order valence-corrected chi connectivity index (χ0v) is 20.0. The van der Waals surface area contributed by atoms with Crippen LogP contribution in [0.25, 0.3) is 17.2 Å². The molecule has 3 aromatic rings. The topological polar surface area (TPSA) is 73.9 Å². The SMILES string of the molecule is CCOC(=O)c1c(-c2ccc(C)cc2)csc1NC(=O)C=Cc1ccc(OCC)c(OC)c1. The van der Waals surface area contributed by atoms with Gasteiger partial charge in [-0.25, -0.2) is 4.79 Å². The van der Waals surface area contributed by atoms with Crippen molar-refractivity contribution < 1.29 is 23.8 Å². The molecule has 6 nitrogen and oxygen atoms in total. The number of rotatable bonds is 9. The number of hydrogen-bond acceptors (Lipinski definition) is 6. The second kappa shape index (κ2) is 11.3. The molecule has 0 bridgehead atoms. The van der Waals surface area contributed by atoms with Gasteiger partial charge in [0.2, 0.25) is 5.91 Å². The number of thiophene rings is 1. The number of anilines is 1. The molecule has 33 heavy (non-hydrogen) atoms. The largest absolute Gasteiger partial charge is 0.493 e. The summed E-state index contributed by atoms with van der Waals surface area (Å²) in [6, 6.07) is 13.3. The predicted octanol–water partition coefficient (Wildman–Crippen LogP) is 5.96. The number of methoxy groups -OCH3 is 1. The van der Waals surface area contributed by atoms with E-state index >= 15 is 0 Å². The summed E-state index contributed by atoms with van der Waals surface area (Å²) >= 11 is 1.29. The van der Waals surface area contributed by atoms with Gasteiger partial charge in [0.15, 0.2) is 11.5 Å². The summed E-state index contributed by atoms with van der Waals surface area (Å²) < 4.78 is 16.1. The van der Waals surface area contributed by atoms with Gasteiger partial charge in [0.25, 0.3) is 0 Å². The Morgan fingerprint density at radius 2 is 1.79 bits per heavy atom. The zero-order valence-electron chi connectivity index (χ0n) is 19.1. The molecule has 0 aliphatic heterocycles. The molecule has 0 unspecified atom stereocenters. The van der Waals surface area contributed by atoms with E-state index in [0.29, 0.717) is 28.7 Å². The molecule has 0 saturated heterocycles. The summed E-state index contributed by atoms with van der Waals surface area (Å²) in [5, 5.41) is 5.12. The van der Waals surface area contributed by atoms with E-state index < -0.39 is 5.97 Å². The van der Waals surface area contributed by atoms with Crippen molar-refractivity contribution in [1.82, 2.24) is 0 Å². The van der Waals surface area contributed by atoms with Crippen molar-refractivity contribution in [2.75, 3.05) is 25.6 Å².